The van der Waals surface area contributed by atoms with E-state index in [1.807, 2.05) is 0 Å². The molecule has 1 heterocycles. The molecule has 0 spiro atoms. The van der Waals surface area contributed by atoms with Gasteiger partial charge in [0, 0.05) is 19.8 Å². The Morgan fingerprint density at radius 3 is 3.00 bits per heavy atom. The summed E-state index contributed by atoms with van der Waals surface area (Å²) < 4.78 is 13.1. The first kappa shape index (κ1) is 9.50. The Labute approximate surface area is 74.7 Å². The zero-order valence-corrected chi connectivity index (χ0v) is 7.25. The maximum absolute atomic E-state index is 11.7. The van der Waals surface area contributed by atoms with E-state index < -0.39 is 12.6 Å². The summed E-state index contributed by atoms with van der Waals surface area (Å²) in [6.45, 7) is -0.618. The summed E-state index contributed by atoms with van der Waals surface area (Å²) in [5.41, 5.74) is 5.90. The molecule has 1 aromatic heterocycles. The Morgan fingerprint density at radius 2 is 2.54 bits per heavy atom. The van der Waals surface area contributed by atoms with Gasteiger partial charge in [0.25, 0.3) is 5.91 Å². The Bertz CT molecular complexity index is 309. The van der Waals surface area contributed by atoms with Crippen LogP contribution >= 0.6 is 0 Å². The third-order valence-electron chi connectivity index (χ3n) is 1.45. The van der Waals surface area contributed by atoms with E-state index in [-0.39, 0.29) is 12.2 Å². The Hall–Kier alpha value is -1.59. The zero-order chi connectivity index (χ0) is 9.84. The number of rotatable bonds is 3. The monoisotopic (exact) mass is 186 g/mol. The minimum Gasteiger partial charge on any atom is -0.396 e. The number of nitrogens with one attached hydrogen (secondary N) is 1. The van der Waals surface area contributed by atoms with Crippen LogP contribution in [0.25, 0.3) is 0 Å². The highest BCUT2D eigenvalue weighted by Crippen LogP contribution is 2.06. The normalized spacial score (nSPS) is 10.0. The quantitative estimate of drug-likeness (QED) is 0.680. The minimum atomic E-state index is -0.599. The molecule has 1 amide bonds. The highest BCUT2D eigenvalue weighted by atomic mass is 19.1. The molecule has 72 valence electrons. The molecule has 0 aromatic carbocycles. The van der Waals surface area contributed by atoms with Gasteiger partial charge in [-0.3, -0.25) is 9.48 Å². The van der Waals surface area contributed by atoms with Crippen molar-refractivity contribution in [2.45, 2.75) is 0 Å². The fraction of sp³-hybridized carbons (Fsp3) is 0.429. The number of carbonyl (C=O) groups excluding carboxylic acids is 1. The Morgan fingerprint density at radius 1 is 1.85 bits per heavy atom. The second-order valence-corrected chi connectivity index (χ2v) is 2.55. The molecule has 1 aromatic rings. The van der Waals surface area contributed by atoms with Crippen LogP contribution in [-0.2, 0) is 7.05 Å². The summed E-state index contributed by atoms with van der Waals surface area (Å²) in [6.07, 6.45) is 1.52. The lowest BCUT2D eigenvalue weighted by molar-refractivity contribution is 0.0946. The van der Waals surface area contributed by atoms with E-state index >= 15 is 0 Å². The molecule has 3 N–H and O–H groups in total. The van der Waals surface area contributed by atoms with Crippen LogP contribution in [0.3, 0.4) is 0 Å². The number of hydrogen-bond donors (Lipinski definition) is 2. The van der Waals surface area contributed by atoms with E-state index in [2.05, 4.69) is 10.4 Å². The number of nitrogens with zero attached hydrogens (tertiary/aromatic N) is 2. The van der Waals surface area contributed by atoms with Crippen LogP contribution < -0.4 is 11.1 Å². The largest absolute Gasteiger partial charge is 0.396 e. The van der Waals surface area contributed by atoms with Gasteiger partial charge >= 0.3 is 0 Å². The lowest BCUT2D eigenvalue weighted by Gasteiger charge is -1.98. The smallest absolute Gasteiger partial charge is 0.274 e. The molecule has 5 nitrogen and oxygen atoms in total. The zero-order valence-electron chi connectivity index (χ0n) is 7.25. The molecule has 0 atom stereocenters. The average molecular weight is 186 g/mol. The van der Waals surface area contributed by atoms with Gasteiger partial charge in [0.1, 0.15) is 6.67 Å². The minimum absolute atomic E-state index is 0.0190. The maximum atomic E-state index is 11.7. The number of anilines is 1. The third kappa shape index (κ3) is 2.17. The summed E-state index contributed by atoms with van der Waals surface area (Å²) in [5.74, 6) is -0.448. The highest BCUT2D eigenvalue weighted by molar-refractivity contribution is 5.96. The molecule has 13 heavy (non-hydrogen) atoms. The molecule has 0 aliphatic heterocycles. The summed E-state index contributed by atoms with van der Waals surface area (Å²) in [7, 11) is 1.66. The summed E-state index contributed by atoms with van der Waals surface area (Å²) >= 11 is 0. The van der Waals surface area contributed by atoms with Gasteiger partial charge in [0.15, 0.2) is 5.69 Å². The number of aryl methyl sites for hydroxylation is 1. The maximum Gasteiger partial charge on any atom is 0.274 e. The number of amides is 1. The fourth-order valence-corrected chi connectivity index (χ4v) is 0.928. The Balaban J connectivity index is 2.70. The first-order valence-electron chi connectivity index (χ1n) is 3.78. The molecule has 0 saturated heterocycles. The second kappa shape index (κ2) is 3.88. The van der Waals surface area contributed by atoms with Crippen molar-refractivity contribution in [3.63, 3.8) is 0 Å². The van der Waals surface area contributed by atoms with Crippen LogP contribution in [-0.4, -0.2) is 28.9 Å². The van der Waals surface area contributed by atoms with Gasteiger partial charge in [-0.25, -0.2) is 4.39 Å². The number of nitrogen functional groups attached to an aromatic ring is 1. The summed E-state index contributed by atoms with van der Waals surface area (Å²) in [5, 5.41) is 6.15. The van der Waals surface area contributed by atoms with Crippen molar-refractivity contribution in [1.29, 1.82) is 0 Å². The number of aromatic nitrogens is 2. The fourth-order valence-electron chi connectivity index (χ4n) is 0.928. The van der Waals surface area contributed by atoms with Crippen molar-refractivity contribution in [3.8, 4) is 0 Å². The SMILES string of the molecule is Cn1cc(N)c(C(=O)NCCF)n1. The predicted molar refractivity (Wildman–Crippen MR) is 45.9 cm³/mol. The second-order valence-electron chi connectivity index (χ2n) is 2.55. The number of hydrogen-bond acceptors (Lipinski definition) is 3. The molecule has 0 aliphatic rings. The van der Waals surface area contributed by atoms with Crippen molar-refractivity contribution in [2.75, 3.05) is 19.0 Å². The van der Waals surface area contributed by atoms with E-state index in [1.54, 1.807) is 7.05 Å². The van der Waals surface area contributed by atoms with Gasteiger partial charge in [-0.15, -0.1) is 0 Å². The average Bonchev–Trinajstić information content (AvgIpc) is 2.41. The first-order chi connectivity index (χ1) is 6.15. The van der Waals surface area contributed by atoms with Crippen LogP contribution in [0.4, 0.5) is 10.1 Å². The number of nitrogens with two attached hydrogens (primary N) is 1. The van der Waals surface area contributed by atoms with Crippen molar-refractivity contribution < 1.29 is 9.18 Å². The van der Waals surface area contributed by atoms with Gasteiger partial charge in [0.05, 0.1) is 5.69 Å². The van der Waals surface area contributed by atoms with E-state index in [1.165, 1.54) is 10.9 Å². The van der Waals surface area contributed by atoms with Crippen LogP contribution in [0.1, 0.15) is 10.5 Å². The molecular formula is C7H11FN4O. The van der Waals surface area contributed by atoms with Crippen LogP contribution in [0.5, 0.6) is 0 Å². The molecule has 0 radical (unpaired) electrons. The van der Waals surface area contributed by atoms with Gasteiger partial charge < -0.3 is 11.1 Å². The molecule has 6 heteroatoms. The topological polar surface area (TPSA) is 72.9 Å². The van der Waals surface area contributed by atoms with Gasteiger partial charge in [-0.05, 0) is 0 Å². The van der Waals surface area contributed by atoms with E-state index in [4.69, 9.17) is 5.73 Å². The summed E-state index contributed by atoms with van der Waals surface area (Å²) in [6, 6.07) is 0. The molecule has 1 rings (SSSR count). The van der Waals surface area contributed by atoms with Gasteiger partial charge in [-0.2, -0.15) is 5.10 Å². The lowest BCUT2D eigenvalue weighted by Crippen LogP contribution is -2.26. The van der Waals surface area contributed by atoms with Crippen molar-refractivity contribution >= 4 is 11.6 Å². The first-order valence-corrected chi connectivity index (χ1v) is 3.78. The highest BCUT2D eigenvalue weighted by Gasteiger charge is 2.12. The van der Waals surface area contributed by atoms with Crippen LogP contribution in [0.15, 0.2) is 6.20 Å². The molecule has 0 aliphatic carbocycles. The molecule has 0 fully saturated rings. The van der Waals surface area contributed by atoms with Crippen LogP contribution in [0, 0.1) is 0 Å². The number of halogens is 1. The van der Waals surface area contributed by atoms with Crippen molar-refractivity contribution in [2.24, 2.45) is 7.05 Å². The van der Waals surface area contributed by atoms with Crippen molar-refractivity contribution in [1.82, 2.24) is 15.1 Å². The molecule has 0 saturated carbocycles. The van der Waals surface area contributed by atoms with Gasteiger partial charge in [0.2, 0.25) is 0 Å². The van der Waals surface area contributed by atoms with Crippen molar-refractivity contribution in [3.05, 3.63) is 11.9 Å². The molecular weight excluding hydrogens is 175 g/mol. The van der Waals surface area contributed by atoms with E-state index in [9.17, 15) is 9.18 Å². The van der Waals surface area contributed by atoms with Crippen LogP contribution in [0.2, 0.25) is 0 Å². The number of carbonyl (C=O) groups is 1. The standard InChI is InChI=1S/C7H11FN4O/c1-12-4-5(9)6(11-12)7(13)10-3-2-8/h4H,2-3,9H2,1H3,(H,10,13). The number of alkyl halides is 1. The molecule has 0 bridgehead atoms. The predicted octanol–water partition coefficient (Wildman–Crippen LogP) is -0.298. The Kier molecular flexibility index (Phi) is 2.84. The van der Waals surface area contributed by atoms with E-state index in [0.717, 1.165) is 0 Å². The lowest BCUT2D eigenvalue weighted by atomic mass is 10.3. The molecule has 0 unspecified atom stereocenters. The van der Waals surface area contributed by atoms with Gasteiger partial charge in [-0.1, -0.05) is 0 Å². The third-order valence-corrected chi connectivity index (χ3v) is 1.45. The van der Waals surface area contributed by atoms with E-state index in [0.29, 0.717) is 5.69 Å². The summed E-state index contributed by atoms with van der Waals surface area (Å²) in [4.78, 5) is 11.2.